The summed E-state index contributed by atoms with van der Waals surface area (Å²) in [5.41, 5.74) is 1.70. The zero-order valence-corrected chi connectivity index (χ0v) is 11.4. The van der Waals surface area contributed by atoms with Crippen molar-refractivity contribution in [1.29, 1.82) is 5.26 Å². The maximum atomic E-state index is 12.6. The van der Waals surface area contributed by atoms with Crippen LogP contribution in [0.3, 0.4) is 0 Å². The molecule has 19 heavy (non-hydrogen) atoms. The maximum absolute atomic E-state index is 12.6. The van der Waals surface area contributed by atoms with Crippen LogP contribution in [0.1, 0.15) is 48.0 Å². The Morgan fingerprint density at radius 1 is 1.32 bits per heavy atom. The van der Waals surface area contributed by atoms with Crippen LogP contribution in [0.25, 0.3) is 0 Å². The molecule has 0 aliphatic heterocycles. The Hall–Kier alpha value is -1.82. The molecule has 1 amide bonds. The molecule has 0 saturated heterocycles. The van der Waals surface area contributed by atoms with Crippen LogP contribution < -0.4 is 0 Å². The Morgan fingerprint density at radius 3 is 2.63 bits per heavy atom. The number of rotatable bonds is 3. The highest BCUT2D eigenvalue weighted by molar-refractivity contribution is 5.96. The van der Waals surface area contributed by atoms with Crippen LogP contribution in [0.15, 0.2) is 24.3 Å². The van der Waals surface area contributed by atoms with E-state index in [1.165, 1.54) is 6.42 Å². The number of hydrogen-bond donors (Lipinski definition) is 0. The lowest BCUT2D eigenvalue weighted by Gasteiger charge is -2.33. The molecule has 1 aliphatic carbocycles. The molecule has 2 rings (SSSR count). The van der Waals surface area contributed by atoms with E-state index in [2.05, 4.69) is 6.07 Å². The van der Waals surface area contributed by atoms with Crippen LogP contribution in [0.4, 0.5) is 0 Å². The monoisotopic (exact) mass is 256 g/mol. The second-order valence-corrected chi connectivity index (χ2v) is 5.20. The predicted octanol–water partition coefficient (Wildman–Crippen LogP) is 3.29. The summed E-state index contributed by atoms with van der Waals surface area (Å²) in [5.74, 6) is 0.00606. The van der Waals surface area contributed by atoms with Crippen molar-refractivity contribution in [1.82, 2.24) is 4.90 Å². The zero-order valence-electron chi connectivity index (χ0n) is 11.4. The third kappa shape index (κ3) is 3.14. The highest BCUT2D eigenvalue weighted by Crippen LogP contribution is 2.24. The first kappa shape index (κ1) is 13.6. The Morgan fingerprint density at radius 2 is 2.00 bits per heavy atom. The third-order valence-corrected chi connectivity index (χ3v) is 3.89. The van der Waals surface area contributed by atoms with Gasteiger partial charge in [-0.05, 0) is 31.4 Å². The van der Waals surface area contributed by atoms with E-state index in [0.717, 1.165) is 36.8 Å². The fourth-order valence-corrected chi connectivity index (χ4v) is 2.80. The van der Waals surface area contributed by atoms with Gasteiger partial charge < -0.3 is 4.90 Å². The van der Waals surface area contributed by atoms with E-state index in [9.17, 15) is 4.79 Å². The van der Waals surface area contributed by atoms with Gasteiger partial charge >= 0.3 is 0 Å². The van der Waals surface area contributed by atoms with Gasteiger partial charge in [0.25, 0.3) is 5.91 Å². The molecule has 3 nitrogen and oxygen atoms in total. The smallest absolute Gasteiger partial charge is 0.255 e. The number of nitrogens with zero attached hydrogens (tertiary/aromatic N) is 2. The molecular weight excluding hydrogens is 236 g/mol. The standard InChI is InChI=1S/C16H20N2O/c1-13-7-5-6-10-15(13)16(19)18(12-11-17)14-8-3-2-4-9-14/h5-7,10,14H,2-4,8-9,12H2,1H3. The number of carbonyl (C=O) groups is 1. The molecule has 1 fully saturated rings. The van der Waals surface area contributed by atoms with Crippen LogP contribution in [-0.4, -0.2) is 23.4 Å². The van der Waals surface area contributed by atoms with E-state index in [1.54, 1.807) is 4.90 Å². The van der Waals surface area contributed by atoms with Crippen molar-refractivity contribution >= 4 is 5.91 Å². The van der Waals surface area contributed by atoms with E-state index in [-0.39, 0.29) is 18.5 Å². The third-order valence-electron chi connectivity index (χ3n) is 3.89. The van der Waals surface area contributed by atoms with Crippen LogP contribution in [-0.2, 0) is 0 Å². The van der Waals surface area contributed by atoms with Gasteiger partial charge in [0.05, 0.1) is 6.07 Å². The van der Waals surface area contributed by atoms with Crippen LogP contribution >= 0.6 is 0 Å². The molecule has 1 aromatic carbocycles. The molecule has 1 aliphatic rings. The molecule has 3 heteroatoms. The fraction of sp³-hybridized carbons (Fsp3) is 0.500. The number of amides is 1. The second-order valence-electron chi connectivity index (χ2n) is 5.20. The molecule has 0 heterocycles. The molecule has 0 N–H and O–H groups in total. The first-order chi connectivity index (χ1) is 9.24. The van der Waals surface area contributed by atoms with Crippen molar-refractivity contribution in [3.05, 3.63) is 35.4 Å². The van der Waals surface area contributed by atoms with Gasteiger partial charge in [0.15, 0.2) is 0 Å². The van der Waals surface area contributed by atoms with Gasteiger partial charge in [-0.15, -0.1) is 0 Å². The van der Waals surface area contributed by atoms with E-state index < -0.39 is 0 Å². The number of benzene rings is 1. The summed E-state index contributed by atoms with van der Waals surface area (Å²) >= 11 is 0. The second kappa shape index (κ2) is 6.38. The van der Waals surface area contributed by atoms with Crippen molar-refractivity contribution < 1.29 is 4.79 Å². The number of aryl methyl sites for hydroxylation is 1. The van der Waals surface area contributed by atoms with Gasteiger partial charge in [0.1, 0.15) is 6.54 Å². The van der Waals surface area contributed by atoms with Gasteiger partial charge in [-0.1, -0.05) is 37.5 Å². The molecule has 1 saturated carbocycles. The van der Waals surface area contributed by atoms with Gasteiger partial charge in [-0.2, -0.15) is 5.26 Å². The lowest BCUT2D eigenvalue weighted by molar-refractivity contribution is 0.0665. The minimum atomic E-state index is 0.00606. The first-order valence-electron chi connectivity index (χ1n) is 6.97. The molecule has 1 aromatic rings. The Labute approximate surface area is 114 Å². The molecular formula is C16H20N2O. The fourth-order valence-electron chi connectivity index (χ4n) is 2.80. The molecule has 0 atom stereocenters. The van der Waals surface area contributed by atoms with Crippen molar-refractivity contribution in [3.8, 4) is 6.07 Å². The average molecular weight is 256 g/mol. The summed E-state index contributed by atoms with van der Waals surface area (Å²) in [4.78, 5) is 14.4. The van der Waals surface area contributed by atoms with Crippen molar-refractivity contribution in [2.24, 2.45) is 0 Å². The molecule has 0 unspecified atom stereocenters. The maximum Gasteiger partial charge on any atom is 0.255 e. The Bertz CT molecular complexity index is 484. The molecule has 0 radical (unpaired) electrons. The van der Waals surface area contributed by atoms with Crippen molar-refractivity contribution in [2.45, 2.75) is 45.1 Å². The van der Waals surface area contributed by atoms with Crippen LogP contribution in [0.5, 0.6) is 0 Å². The van der Waals surface area contributed by atoms with E-state index in [1.807, 2.05) is 31.2 Å². The van der Waals surface area contributed by atoms with Gasteiger partial charge in [-0.25, -0.2) is 0 Å². The van der Waals surface area contributed by atoms with Crippen molar-refractivity contribution in [3.63, 3.8) is 0 Å². The summed E-state index contributed by atoms with van der Waals surface area (Å²) < 4.78 is 0. The van der Waals surface area contributed by atoms with Crippen molar-refractivity contribution in [2.75, 3.05) is 6.54 Å². The summed E-state index contributed by atoms with van der Waals surface area (Å²) in [6.07, 6.45) is 5.62. The summed E-state index contributed by atoms with van der Waals surface area (Å²) in [5, 5.41) is 8.99. The highest BCUT2D eigenvalue weighted by Gasteiger charge is 2.26. The first-order valence-corrected chi connectivity index (χ1v) is 6.97. The van der Waals surface area contributed by atoms with E-state index in [0.29, 0.717) is 0 Å². The lowest BCUT2D eigenvalue weighted by Crippen LogP contribution is -2.42. The molecule has 100 valence electrons. The quantitative estimate of drug-likeness (QED) is 0.779. The highest BCUT2D eigenvalue weighted by atomic mass is 16.2. The number of hydrogen-bond acceptors (Lipinski definition) is 2. The average Bonchev–Trinajstić information content (AvgIpc) is 2.45. The lowest BCUT2D eigenvalue weighted by atomic mass is 9.93. The molecule has 0 aromatic heterocycles. The van der Waals surface area contributed by atoms with E-state index >= 15 is 0 Å². The summed E-state index contributed by atoms with van der Waals surface area (Å²) in [6.45, 7) is 2.14. The predicted molar refractivity (Wildman–Crippen MR) is 74.7 cm³/mol. The van der Waals surface area contributed by atoms with E-state index in [4.69, 9.17) is 5.26 Å². The number of carbonyl (C=O) groups excluding carboxylic acids is 1. The van der Waals surface area contributed by atoms with Gasteiger partial charge in [0.2, 0.25) is 0 Å². The van der Waals surface area contributed by atoms with Crippen LogP contribution in [0, 0.1) is 18.3 Å². The molecule has 0 spiro atoms. The Balaban J connectivity index is 2.21. The SMILES string of the molecule is Cc1ccccc1C(=O)N(CC#N)C1CCCCC1. The van der Waals surface area contributed by atoms with Gasteiger partial charge in [0, 0.05) is 11.6 Å². The minimum absolute atomic E-state index is 0.00606. The van der Waals surface area contributed by atoms with Crippen LogP contribution in [0.2, 0.25) is 0 Å². The zero-order chi connectivity index (χ0) is 13.7. The normalized spacial score (nSPS) is 15.8. The topological polar surface area (TPSA) is 44.1 Å². The summed E-state index contributed by atoms with van der Waals surface area (Å²) in [7, 11) is 0. The van der Waals surface area contributed by atoms with Gasteiger partial charge in [-0.3, -0.25) is 4.79 Å². The summed E-state index contributed by atoms with van der Waals surface area (Å²) in [6, 6.07) is 9.98. The minimum Gasteiger partial charge on any atom is -0.322 e. The number of nitriles is 1. The Kier molecular flexibility index (Phi) is 4.57. The largest absolute Gasteiger partial charge is 0.322 e. The molecule has 0 bridgehead atoms.